The van der Waals surface area contributed by atoms with Crippen molar-refractivity contribution in [2.24, 2.45) is 5.73 Å². The van der Waals surface area contributed by atoms with Crippen LogP contribution in [0.1, 0.15) is 27.0 Å². The van der Waals surface area contributed by atoms with Crippen molar-refractivity contribution in [3.05, 3.63) is 77.1 Å². The molecule has 30 heavy (non-hydrogen) atoms. The van der Waals surface area contributed by atoms with Crippen LogP contribution in [0, 0.1) is 0 Å². The lowest BCUT2D eigenvalue weighted by Gasteiger charge is -2.19. The zero-order valence-electron chi connectivity index (χ0n) is 16.4. The van der Waals surface area contributed by atoms with Gasteiger partial charge in [0.25, 0.3) is 5.91 Å². The Labute approximate surface area is 179 Å². The highest BCUT2D eigenvalue weighted by Crippen LogP contribution is 2.36. The van der Waals surface area contributed by atoms with E-state index in [1.165, 1.54) is 17.4 Å². The number of amides is 1. The summed E-state index contributed by atoms with van der Waals surface area (Å²) in [4.78, 5) is 19.2. The Kier molecular flexibility index (Phi) is 5.94. The Morgan fingerprint density at radius 3 is 2.60 bits per heavy atom. The second kappa shape index (κ2) is 8.79. The summed E-state index contributed by atoms with van der Waals surface area (Å²) in [6.07, 6.45) is 1.71. The first-order valence-electron chi connectivity index (χ1n) is 9.73. The molecule has 2 unspecified atom stereocenters. The Bertz CT molecular complexity index is 1030. The van der Waals surface area contributed by atoms with Crippen molar-refractivity contribution in [2.45, 2.75) is 18.6 Å². The smallest absolute Gasteiger partial charge is 0.261 e. The number of aliphatic hydroxyl groups excluding tert-OH is 1. The highest BCUT2D eigenvalue weighted by Gasteiger charge is 2.30. The van der Waals surface area contributed by atoms with Crippen LogP contribution >= 0.6 is 11.3 Å². The van der Waals surface area contributed by atoms with Crippen LogP contribution in [-0.2, 0) is 0 Å². The molecule has 7 heteroatoms. The molecule has 154 valence electrons. The largest absolute Gasteiger partial charge is 0.457 e. The fraction of sp³-hybridized carbons (Fsp3) is 0.217. The van der Waals surface area contributed by atoms with E-state index in [2.05, 4.69) is 6.58 Å². The van der Waals surface area contributed by atoms with E-state index >= 15 is 0 Å². The molecule has 1 fully saturated rings. The van der Waals surface area contributed by atoms with Gasteiger partial charge in [-0.05, 0) is 48.9 Å². The lowest BCUT2D eigenvalue weighted by molar-refractivity contribution is 0.0605. The number of carbonyl (C=O) groups is 1. The zero-order valence-corrected chi connectivity index (χ0v) is 17.2. The summed E-state index contributed by atoms with van der Waals surface area (Å²) in [7, 11) is 0. The van der Waals surface area contributed by atoms with Gasteiger partial charge in [0.2, 0.25) is 0 Å². The number of likely N-dealkylation sites (tertiary alicyclic amines) is 1. The lowest BCUT2D eigenvalue weighted by atomic mass is 10.1. The van der Waals surface area contributed by atoms with Gasteiger partial charge in [-0.3, -0.25) is 9.69 Å². The minimum atomic E-state index is -0.665. The van der Waals surface area contributed by atoms with Crippen LogP contribution in [-0.4, -0.2) is 40.2 Å². The topological polar surface area (TPSA) is 88.7 Å². The molecule has 0 radical (unpaired) electrons. The number of para-hydroxylation sites is 1. The third kappa shape index (κ3) is 4.28. The maximum Gasteiger partial charge on any atom is 0.261 e. The van der Waals surface area contributed by atoms with Gasteiger partial charge in [0.05, 0.1) is 10.7 Å². The molecule has 6 nitrogen and oxygen atoms in total. The van der Waals surface area contributed by atoms with E-state index in [1.807, 2.05) is 59.5 Å². The second-order valence-corrected chi connectivity index (χ2v) is 8.19. The van der Waals surface area contributed by atoms with Gasteiger partial charge in [-0.1, -0.05) is 24.8 Å². The maximum atomic E-state index is 12.1. The van der Waals surface area contributed by atoms with E-state index in [0.717, 1.165) is 29.3 Å². The summed E-state index contributed by atoms with van der Waals surface area (Å²) in [5, 5.41) is 10.8. The van der Waals surface area contributed by atoms with E-state index in [9.17, 15) is 9.90 Å². The molecule has 3 N–H and O–H groups in total. The van der Waals surface area contributed by atoms with Gasteiger partial charge >= 0.3 is 0 Å². The fourth-order valence-corrected chi connectivity index (χ4v) is 4.62. The third-order valence-corrected chi connectivity index (χ3v) is 6.36. The van der Waals surface area contributed by atoms with E-state index in [1.54, 1.807) is 0 Å². The number of hydrogen-bond acceptors (Lipinski definition) is 6. The quantitative estimate of drug-likeness (QED) is 0.563. The van der Waals surface area contributed by atoms with Crippen LogP contribution in [0.3, 0.4) is 0 Å². The molecule has 3 aromatic rings. The molecular formula is C23H23N3O3S. The molecule has 0 saturated carbocycles. The number of nitrogens with zero attached hydrogens (tertiary/aromatic N) is 2. The van der Waals surface area contributed by atoms with Crippen LogP contribution in [0.15, 0.2) is 67.3 Å². The average Bonchev–Trinajstić information content (AvgIpc) is 3.42. The number of carbonyl (C=O) groups excluding carboxylic acids is 1. The summed E-state index contributed by atoms with van der Waals surface area (Å²) in [6, 6.07) is 17.0. The molecule has 1 aromatic heterocycles. The Morgan fingerprint density at radius 2 is 1.93 bits per heavy atom. The van der Waals surface area contributed by atoms with Crippen molar-refractivity contribution in [1.29, 1.82) is 0 Å². The third-order valence-electron chi connectivity index (χ3n) is 5.13. The van der Waals surface area contributed by atoms with Gasteiger partial charge in [-0.2, -0.15) is 0 Å². The highest BCUT2D eigenvalue weighted by molar-refractivity contribution is 7.14. The Morgan fingerprint density at radius 1 is 1.23 bits per heavy atom. The molecule has 1 amide bonds. The SMILES string of the molecule is C=CC(O)N1CCC(c2nc(-c3ccc(Oc4ccccc4)cc3)c(C(N)=O)s2)C1. The highest BCUT2D eigenvalue weighted by atomic mass is 32.1. The molecule has 2 aromatic carbocycles. The van der Waals surface area contributed by atoms with E-state index in [4.69, 9.17) is 15.5 Å². The fourth-order valence-electron chi connectivity index (χ4n) is 3.56. The van der Waals surface area contributed by atoms with Gasteiger partial charge in [-0.25, -0.2) is 4.98 Å². The van der Waals surface area contributed by atoms with Crippen LogP contribution in [0.25, 0.3) is 11.3 Å². The van der Waals surface area contributed by atoms with Gasteiger partial charge < -0.3 is 15.6 Å². The van der Waals surface area contributed by atoms with Gasteiger partial charge in [0.15, 0.2) is 0 Å². The number of primary amides is 1. The van der Waals surface area contributed by atoms with Gasteiger partial charge in [0.1, 0.15) is 22.6 Å². The van der Waals surface area contributed by atoms with Crippen LogP contribution in [0.5, 0.6) is 11.5 Å². The number of nitrogens with two attached hydrogens (primary N) is 1. The van der Waals surface area contributed by atoms with Crippen molar-refractivity contribution in [1.82, 2.24) is 9.88 Å². The first-order valence-corrected chi connectivity index (χ1v) is 10.6. The molecule has 2 atom stereocenters. The standard InChI is InChI=1S/C23H23N3O3S/c1-2-19(27)26-13-12-16(14-26)23-25-20(21(30-23)22(24)28)15-8-10-18(11-9-15)29-17-6-4-3-5-7-17/h2-11,16,19,27H,1,12-14H2,(H2,24,28). The number of aliphatic hydroxyl groups is 1. The molecule has 2 heterocycles. The van der Waals surface area contributed by atoms with Crippen molar-refractivity contribution in [2.75, 3.05) is 13.1 Å². The summed E-state index contributed by atoms with van der Waals surface area (Å²) in [6.45, 7) is 5.06. The maximum absolute atomic E-state index is 12.1. The van der Waals surface area contributed by atoms with Crippen molar-refractivity contribution in [3.8, 4) is 22.8 Å². The molecule has 4 rings (SSSR count). The lowest BCUT2D eigenvalue weighted by Crippen LogP contribution is -2.31. The van der Waals surface area contributed by atoms with Gasteiger partial charge in [0, 0.05) is 24.6 Å². The number of ether oxygens (including phenoxy) is 1. The van der Waals surface area contributed by atoms with E-state index in [-0.39, 0.29) is 5.92 Å². The molecule has 0 bridgehead atoms. The molecule has 1 aliphatic rings. The van der Waals surface area contributed by atoms with Crippen LogP contribution in [0.4, 0.5) is 0 Å². The molecule has 1 aliphatic heterocycles. The summed E-state index contributed by atoms with van der Waals surface area (Å²) >= 11 is 1.34. The summed E-state index contributed by atoms with van der Waals surface area (Å²) in [5.74, 6) is 1.12. The van der Waals surface area contributed by atoms with Crippen molar-refractivity contribution < 1.29 is 14.6 Å². The van der Waals surface area contributed by atoms with Crippen molar-refractivity contribution >= 4 is 17.2 Å². The van der Waals surface area contributed by atoms with E-state index in [0.29, 0.717) is 22.9 Å². The average molecular weight is 422 g/mol. The number of rotatable bonds is 7. The number of benzene rings is 2. The normalized spacial score (nSPS) is 17.6. The second-order valence-electron chi connectivity index (χ2n) is 7.16. The number of thiazole rings is 1. The monoisotopic (exact) mass is 421 g/mol. The minimum absolute atomic E-state index is 0.150. The number of aromatic nitrogens is 1. The molecule has 0 aliphatic carbocycles. The predicted octanol–water partition coefficient (Wildman–Crippen LogP) is 4.00. The molecular weight excluding hydrogens is 398 g/mol. The van der Waals surface area contributed by atoms with Crippen molar-refractivity contribution in [3.63, 3.8) is 0 Å². The zero-order chi connectivity index (χ0) is 21.1. The molecule has 1 saturated heterocycles. The van der Waals surface area contributed by atoms with Gasteiger partial charge in [-0.15, -0.1) is 11.3 Å². The summed E-state index contributed by atoms with van der Waals surface area (Å²) in [5.41, 5.74) is 7.04. The Hall–Kier alpha value is -3.00. The first kappa shape index (κ1) is 20.3. The number of hydrogen-bond donors (Lipinski definition) is 2. The van der Waals surface area contributed by atoms with Crippen LogP contribution in [0.2, 0.25) is 0 Å². The molecule has 0 spiro atoms. The summed E-state index contributed by atoms with van der Waals surface area (Å²) < 4.78 is 5.83. The predicted molar refractivity (Wildman–Crippen MR) is 118 cm³/mol. The van der Waals surface area contributed by atoms with Crippen LogP contribution < -0.4 is 10.5 Å². The van der Waals surface area contributed by atoms with E-state index < -0.39 is 12.1 Å². The first-order chi connectivity index (χ1) is 14.5. The minimum Gasteiger partial charge on any atom is -0.457 e. The Balaban J connectivity index is 1.56.